The van der Waals surface area contributed by atoms with Gasteiger partial charge in [0.05, 0.1) is 24.0 Å². The van der Waals surface area contributed by atoms with Gasteiger partial charge in [-0.1, -0.05) is 6.07 Å². The molecular formula is C19H27N3O6S. The fourth-order valence-electron chi connectivity index (χ4n) is 3.24. The smallest absolute Gasteiger partial charge is 0.310 e. The van der Waals surface area contributed by atoms with E-state index in [1.54, 1.807) is 18.7 Å². The zero-order chi connectivity index (χ0) is 21.8. The number of carbonyl (C=O) groups is 3. The summed E-state index contributed by atoms with van der Waals surface area (Å²) in [6.45, 7) is 4.28. The van der Waals surface area contributed by atoms with Crippen molar-refractivity contribution in [1.29, 1.82) is 0 Å². The number of hydrogen-bond donors (Lipinski definition) is 1. The van der Waals surface area contributed by atoms with Crippen LogP contribution < -0.4 is 5.14 Å². The normalized spacial score (nSPS) is 17.0. The number of hydrogen-bond acceptors (Lipinski definition) is 6. The highest BCUT2D eigenvalue weighted by atomic mass is 32.2. The molecule has 0 radical (unpaired) electrons. The molecule has 2 N–H and O–H groups in total. The minimum Gasteiger partial charge on any atom is -0.466 e. The van der Waals surface area contributed by atoms with Gasteiger partial charge in [-0.15, -0.1) is 0 Å². The molecule has 0 spiro atoms. The Bertz CT molecular complexity index is 899. The number of ether oxygens (including phenoxy) is 1. The van der Waals surface area contributed by atoms with Crippen LogP contribution in [0.4, 0.5) is 0 Å². The molecule has 2 amide bonds. The van der Waals surface area contributed by atoms with Crippen molar-refractivity contribution in [2.45, 2.75) is 31.6 Å². The topological polar surface area (TPSA) is 127 Å². The monoisotopic (exact) mass is 425 g/mol. The van der Waals surface area contributed by atoms with Crippen LogP contribution >= 0.6 is 0 Å². The zero-order valence-electron chi connectivity index (χ0n) is 16.9. The van der Waals surface area contributed by atoms with Gasteiger partial charge in [-0.3, -0.25) is 14.4 Å². The van der Waals surface area contributed by atoms with Crippen LogP contribution in [0.2, 0.25) is 0 Å². The van der Waals surface area contributed by atoms with Gasteiger partial charge in [0.2, 0.25) is 15.9 Å². The molecule has 0 bridgehead atoms. The number of likely N-dealkylation sites (tertiary alicyclic amines) is 1. The summed E-state index contributed by atoms with van der Waals surface area (Å²) in [7, 11) is -2.48. The number of nitrogens with two attached hydrogens (primary N) is 1. The Balaban J connectivity index is 2.08. The van der Waals surface area contributed by atoms with E-state index in [-0.39, 0.29) is 47.9 Å². The fourth-order valence-corrected chi connectivity index (χ4v) is 3.78. The first-order valence-electron chi connectivity index (χ1n) is 9.38. The summed E-state index contributed by atoms with van der Waals surface area (Å²) in [5.74, 6) is -1.44. The Morgan fingerprint density at radius 3 is 2.62 bits per heavy atom. The Hall–Kier alpha value is -2.46. The summed E-state index contributed by atoms with van der Waals surface area (Å²) >= 11 is 0. The summed E-state index contributed by atoms with van der Waals surface area (Å²) in [6.07, 6.45) is 1.35. The van der Waals surface area contributed by atoms with Crippen molar-refractivity contribution >= 4 is 27.8 Å². The Labute approximate surface area is 170 Å². The second kappa shape index (κ2) is 9.36. The minimum absolute atomic E-state index is 0.162. The summed E-state index contributed by atoms with van der Waals surface area (Å²) in [6, 6.07) is 4.04. The lowest BCUT2D eigenvalue weighted by molar-refractivity contribution is -0.151. The van der Waals surface area contributed by atoms with Gasteiger partial charge in [-0.2, -0.15) is 0 Å². The van der Waals surface area contributed by atoms with Crippen molar-refractivity contribution in [3.63, 3.8) is 0 Å². The largest absolute Gasteiger partial charge is 0.466 e. The SMILES string of the molecule is CCOC(=O)C1CCCN(C(=O)CN(C)C(=O)c2cc(S(N)(=O)=O)ccc2C)C1. The van der Waals surface area contributed by atoms with E-state index in [0.29, 0.717) is 24.9 Å². The van der Waals surface area contributed by atoms with Gasteiger partial charge in [0, 0.05) is 25.7 Å². The van der Waals surface area contributed by atoms with E-state index in [1.807, 2.05) is 0 Å². The van der Waals surface area contributed by atoms with Gasteiger partial charge >= 0.3 is 5.97 Å². The molecule has 9 nitrogen and oxygen atoms in total. The average molecular weight is 426 g/mol. The molecule has 160 valence electrons. The number of nitrogens with zero attached hydrogens (tertiary/aromatic N) is 2. The van der Waals surface area contributed by atoms with Crippen LogP contribution in [0.5, 0.6) is 0 Å². The van der Waals surface area contributed by atoms with Crippen molar-refractivity contribution in [2.75, 3.05) is 33.3 Å². The number of sulfonamides is 1. The second-order valence-corrected chi connectivity index (χ2v) is 8.68. The second-order valence-electron chi connectivity index (χ2n) is 7.11. The Morgan fingerprint density at radius 2 is 2.00 bits per heavy atom. The van der Waals surface area contributed by atoms with E-state index < -0.39 is 15.9 Å². The number of rotatable bonds is 6. The number of carbonyl (C=O) groups excluding carboxylic acids is 3. The molecule has 1 fully saturated rings. The molecule has 1 unspecified atom stereocenters. The Morgan fingerprint density at radius 1 is 1.31 bits per heavy atom. The third-order valence-corrected chi connectivity index (χ3v) is 5.79. The number of likely N-dealkylation sites (N-methyl/N-ethyl adjacent to an activating group) is 1. The van der Waals surface area contributed by atoms with Gasteiger partial charge in [0.25, 0.3) is 5.91 Å². The molecule has 1 saturated heterocycles. The summed E-state index contributed by atoms with van der Waals surface area (Å²) in [5, 5.41) is 5.14. The van der Waals surface area contributed by atoms with Crippen molar-refractivity contribution in [2.24, 2.45) is 11.1 Å². The molecule has 29 heavy (non-hydrogen) atoms. The molecule has 0 aliphatic carbocycles. The third-order valence-electron chi connectivity index (χ3n) is 4.88. The van der Waals surface area contributed by atoms with Crippen LogP contribution in [-0.4, -0.2) is 69.3 Å². The van der Waals surface area contributed by atoms with Gasteiger partial charge in [0.1, 0.15) is 0 Å². The first-order chi connectivity index (χ1) is 13.5. The number of primary sulfonamides is 1. The summed E-state index contributed by atoms with van der Waals surface area (Å²) < 4.78 is 28.2. The molecule has 1 aromatic rings. The molecule has 2 rings (SSSR count). The number of amides is 2. The molecule has 1 aliphatic rings. The first kappa shape index (κ1) is 22.8. The first-order valence-corrected chi connectivity index (χ1v) is 10.9. The van der Waals surface area contributed by atoms with Crippen molar-refractivity contribution in [3.05, 3.63) is 29.3 Å². The van der Waals surface area contributed by atoms with Crippen LogP contribution in [0.25, 0.3) is 0 Å². The van der Waals surface area contributed by atoms with Gasteiger partial charge in [0.15, 0.2) is 0 Å². The maximum absolute atomic E-state index is 12.8. The average Bonchev–Trinajstić information content (AvgIpc) is 2.67. The highest BCUT2D eigenvalue weighted by molar-refractivity contribution is 7.89. The molecule has 1 aliphatic heterocycles. The number of benzene rings is 1. The van der Waals surface area contributed by atoms with Crippen molar-refractivity contribution in [3.8, 4) is 0 Å². The van der Waals surface area contributed by atoms with E-state index >= 15 is 0 Å². The summed E-state index contributed by atoms with van der Waals surface area (Å²) in [4.78, 5) is 40.0. The highest BCUT2D eigenvalue weighted by Crippen LogP contribution is 2.19. The predicted octanol–water partition coefficient (Wildman–Crippen LogP) is 0.516. The molecule has 1 atom stereocenters. The maximum atomic E-state index is 12.8. The standard InChI is InChI=1S/C19H27N3O6S/c1-4-28-19(25)14-6-5-9-22(11-14)17(23)12-21(3)18(24)16-10-15(29(20,26)27)8-7-13(16)2/h7-8,10,14H,4-6,9,11-12H2,1-3H3,(H2,20,26,27). The molecule has 0 saturated carbocycles. The lowest BCUT2D eigenvalue weighted by Gasteiger charge is -2.32. The minimum atomic E-state index is -3.95. The molecular weight excluding hydrogens is 398 g/mol. The van der Waals surface area contributed by atoms with E-state index in [0.717, 1.165) is 0 Å². The van der Waals surface area contributed by atoms with E-state index in [4.69, 9.17) is 9.88 Å². The zero-order valence-corrected chi connectivity index (χ0v) is 17.7. The van der Waals surface area contributed by atoms with Crippen LogP contribution in [0.1, 0.15) is 35.7 Å². The number of esters is 1. The molecule has 10 heteroatoms. The van der Waals surface area contributed by atoms with Crippen molar-refractivity contribution in [1.82, 2.24) is 9.80 Å². The van der Waals surface area contributed by atoms with Crippen molar-refractivity contribution < 1.29 is 27.5 Å². The van der Waals surface area contributed by atoms with Crippen LogP contribution in [-0.2, 0) is 24.3 Å². The highest BCUT2D eigenvalue weighted by Gasteiger charge is 2.30. The molecule has 1 aromatic carbocycles. The molecule has 0 aromatic heterocycles. The third kappa shape index (κ3) is 5.77. The maximum Gasteiger partial charge on any atom is 0.310 e. The van der Waals surface area contributed by atoms with E-state index in [2.05, 4.69) is 0 Å². The van der Waals surface area contributed by atoms with Gasteiger partial charge in [-0.25, -0.2) is 13.6 Å². The predicted molar refractivity (Wildman–Crippen MR) is 105 cm³/mol. The lowest BCUT2D eigenvalue weighted by Crippen LogP contribution is -2.47. The van der Waals surface area contributed by atoms with Gasteiger partial charge in [-0.05, 0) is 44.4 Å². The van der Waals surface area contributed by atoms with Crippen LogP contribution in [0.3, 0.4) is 0 Å². The number of aryl methyl sites for hydroxylation is 1. The quantitative estimate of drug-likeness (QED) is 0.662. The molecule has 1 heterocycles. The van der Waals surface area contributed by atoms with E-state index in [1.165, 1.54) is 30.1 Å². The van der Waals surface area contributed by atoms with Crippen LogP contribution in [0, 0.1) is 12.8 Å². The van der Waals surface area contributed by atoms with Gasteiger partial charge < -0.3 is 14.5 Å². The Kier molecular flexibility index (Phi) is 7.37. The lowest BCUT2D eigenvalue weighted by atomic mass is 9.98. The van der Waals surface area contributed by atoms with Crippen LogP contribution in [0.15, 0.2) is 23.1 Å². The summed E-state index contributed by atoms with van der Waals surface area (Å²) in [5.41, 5.74) is 0.733. The van der Waals surface area contributed by atoms with E-state index in [9.17, 15) is 22.8 Å². The fraction of sp³-hybridized carbons (Fsp3) is 0.526. The number of piperidine rings is 1.